The van der Waals surface area contributed by atoms with Crippen LogP contribution in [0.2, 0.25) is 0 Å². The van der Waals surface area contributed by atoms with Crippen molar-refractivity contribution >= 4 is 79.6 Å². The molecule has 0 saturated carbocycles. The van der Waals surface area contributed by atoms with Crippen molar-refractivity contribution in [1.29, 1.82) is 0 Å². The van der Waals surface area contributed by atoms with Crippen molar-refractivity contribution in [2.75, 3.05) is 54.1 Å². The maximum Gasteiger partial charge on any atom is 0.323 e. The minimum absolute atomic E-state index is 0.00233. The maximum absolute atomic E-state index is 14.4. The molecule has 57 heteroatoms. The number of amides is 1. The Labute approximate surface area is 808 Å². The van der Waals surface area contributed by atoms with Crippen molar-refractivity contribution in [3.05, 3.63) is 215 Å². The van der Waals surface area contributed by atoms with Gasteiger partial charge in [-0.1, -0.05) is 0 Å². The lowest BCUT2D eigenvalue weighted by atomic mass is 10.1. The van der Waals surface area contributed by atoms with Crippen molar-refractivity contribution in [1.82, 2.24) is 46.2 Å². The third-order valence-corrected chi connectivity index (χ3v) is 23.6. The second-order valence-corrected chi connectivity index (χ2v) is 37.3. The summed E-state index contributed by atoms with van der Waals surface area (Å²) in [5.41, 5.74) is 49.8. The third-order valence-electron chi connectivity index (χ3n) is 17.9. The van der Waals surface area contributed by atoms with E-state index >= 15 is 0 Å². The molecule has 0 aliphatic heterocycles. The fourth-order valence-corrected chi connectivity index (χ4v) is 15.4. The van der Waals surface area contributed by atoms with Gasteiger partial charge in [0.25, 0.3) is 15.0 Å². The lowest BCUT2D eigenvalue weighted by molar-refractivity contribution is -0.143. The highest BCUT2D eigenvalue weighted by Crippen LogP contribution is 2.36. The van der Waals surface area contributed by atoms with Gasteiger partial charge in [-0.2, -0.15) is 14.2 Å². The molecule has 0 bridgehead atoms. The number of carbonyl (C=O) groups excluding carboxylic acids is 4. The summed E-state index contributed by atoms with van der Waals surface area (Å²) in [5.74, 6) is -20.5. The smallest absolute Gasteiger partial charge is 0.323 e. The van der Waals surface area contributed by atoms with Crippen LogP contribution in [-0.4, -0.2) is 189 Å². The molecule has 0 spiro atoms. The van der Waals surface area contributed by atoms with Gasteiger partial charge in [-0.15, -0.1) is 0 Å². The number of hydrogen-bond acceptors (Lipinski definition) is 35. The Morgan fingerprint density at radius 2 is 0.553 bits per heavy atom. The van der Waals surface area contributed by atoms with Crippen molar-refractivity contribution in [2.45, 2.75) is 166 Å². The number of carboxylic acids is 1. The van der Waals surface area contributed by atoms with E-state index in [1.807, 2.05) is 18.6 Å². The molecule has 8 aromatic rings. The molecule has 29 N–H and O–H groups in total. The van der Waals surface area contributed by atoms with E-state index in [1.165, 1.54) is 24.7 Å². The van der Waals surface area contributed by atoms with Crippen LogP contribution in [0.4, 0.5) is 52.7 Å². The van der Waals surface area contributed by atoms with Gasteiger partial charge in [-0.25, -0.2) is 91.8 Å². The SMILES string of the molecule is COC(=O)[C@@H](CCCNC(N)N)NS(=O)(=O)c1cc(F)c(Oc2ccc(F)cc2)c(F)c1.COC(=O)[C@@H](CCCN[C@@H](C)N)NS(=O)(=O)c1cc(F)c(Oc2ccc(F)cc2)c(F)c1.COC(=O)[C@H](N)CCCN[C@@H](C)N.C[C@@H](N)NCCC[C@@H](N)C(=O)O.NC(N)NCCC[C@@H](NS(=O)(=O)c1cc(F)c(Oc2ccc(F)cc2)c(F)c1)C(=O)NO.O=S(=O)(Cl)c1cc(F)c(Oc2ccc(F)cc2)c(F)c1. The molecule has 784 valence electrons. The summed E-state index contributed by atoms with van der Waals surface area (Å²) in [7, 11) is -9.36. The first kappa shape index (κ1) is 124. The Balaban J connectivity index is 0.000000451. The molecule has 0 aliphatic carbocycles. The number of rotatable bonds is 48. The summed E-state index contributed by atoms with van der Waals surface area (Å²) >= 11 is 0. The molecule has 0 fully saturated rings. The van der Waals surface area contributed by atoms with Crippen molar-refractivity contribution in [3.63, 3.8) is 0 Å². The average Bonchev–Trinajstić information content (AvgIpc) is 0.793. The minimum Gasteiger partial charge on any atom is -0.480 e. The molecule has 0 heterocycles. The topological polar surface area (TPSA) is 669 Å². The number of hydroxylamine groups is 1. The molecule has 8 atom stereocenters. The highest BCUT2D eigenvalue weighted by molar-refractivity contribution is 8.13. The predicted octanol–water partition coefficient (Wildman–Crippen LogP) is 6.35. The number of halogens is 13. The Morgan fingerprint density at radius 1 is 0.333 bits per heavy atom. The molecular weight excluding hydrogens is 2000 g/mol. The van der Waals surface area contributed by atoms with Crippen molar-refractivity contribution < 1.29 is 154 Å². The molecule has 141 heavy (non-hydrogen) atoms. The van der Waals surface area contributed by atoms with Gasteiger partial charge in [0.2, 0.25) is 30.1 Å². The highest BCUT2D eigenvalue weighted by atomic mass is 35.7. The number of carbonyl (C=O) groups is 5. The Kier molecular flexibility index (Phi) is 54.2. The van der Waals surface area contributed by atoms with Crippen LogP contribution in [0.5, 0.6) is 46.0 Å². The van der Waals surface area contributed by atoms with Crippen LogP contribution in [0.25, 0.3) is 0 Å². The summed E-state index contributed by atoms with van der Waals surface area (Å²) in [6.45, 7) is 7.80. The molecule has 40 nitrogen and oxygen atoms in total. The van der Waals surface area contributed by atoms with E-state index < -0.39 is 218 Å². The minimum atomic E-state index is -4.59. The largest absolute Gasteiger partial charge is 0.480 e. The number of ether oxygens (including phenoxy) is 7. The average molecular weight is 2120 g/mol. The van der Waals surface area contributed by atoms with Crippen LogP contribution >= 0.6 is 10.7 Å². The van der Waals surface area contributed by atoms with E-state index in [-0.39, 0.29) is 86.2 Å². The number of nitrogens with one attached hydrogen (secondary N) is 9. The van der Waals surface area contributed by atoms with Gasteiger partial charge in [-0.3, -0.25) is 39.8 Å². The van der Waals surface area contributed by atoms with E-state index in [0.717, 1.165) is 119 Å². The Hall–Kier alpha value is -11.2. The second kappa shape index (κ2) is 61.6. The molecule has 8 aromatic carbocycles. The van der Waals surface area contributed by atoms with Crippen LogP contribution in [0.15, 0.2) is 165 Å². The Morgan fingerprint density at radius 3 is 0.773 bits per heavy atom. The third kappa shape index (κ3) is 46.6. The number of benzene rings is 8. The number of aliphatic carboxylic acids is 1. The van der Waals surface area contributed by atoms with Crippen LogP contribution in [0, 0.1) is 69.8 Å². The Bertz CT molecular complexity index is 5310. The highest BCUT2D eigenvalue weighted by Gasteiger charge is 2.33. The molecule has 0 unspecified atom stereocenters. The van der Waals surface area contributed by atoms with Gasteiger partial charge in [0.05, 0.1) is 59.4 Å². The molecular formula is C84H111ClF12N18O22S4. The molecule has 8 rings (SSSR count). The van der Waals surface area contributed by atoms with Gasteiger partial charge in [-0.05, 0) is 263 Å². The monoisotopic (exact) mass is 2110 g/mol. The molecule has 0 saturated heterocycles. The molecule has 0 aromatic heterocycles. The first-order valence-electron chi connectivity index (χ1n) is 41.6. The fourth-order valence-electron chi connectivity index (χ4n) is 10.9. The van der Waals surface area contributed by atoms with E-state index in [9.17, 15) is 110 Å². The lowest BCUT2D eigenvalue weighted by Gasteiger charge is -2.18. The number of methoxy groups -OCH3 is 3. The van der Waals surface area contributed by atoms with Crippen LogP contribution < -0.4 is 117 Å². The van der Waals surface area contributed by atoms with E-state index in [1.54, 1.807) is 6.92 Å². The molecule has 0 radical (unpaired) electrons. The quantitative estimate of drug-likeness (QED) is 0.00288. The maximum atomic E-state index is 14.4. The molecule has 1 amide bonds. The summed E-state index contributed by atoms with van der Waals surface area (Å²) in [4.78, 5) is 53.8. The lowest BCUT2D eigenvalue weighted by Crippen LogP contribution is -2.47. The van der Waals surface area contributed by atoms with Crippen LogP contribution in [-0.2, 0) is 77.3 Å². The van der Waals surface area contributed by atoms with Gasteiger partial charge < -0.3 is 106 Å². The summed E-state index contributed by atoms with van der Waals surface area (Å²) < 4.78 is 303. The first-order chi connectivity index (χ1) is 66.0. The zero-order valence-corrected chi connectivity index (χ0v) is 80.1. The molecule has 0 aliphatic rings. The number of esters is 3. The van der Waals surface area contributed by atoms with Crippen molar-refractivity contribution in [2.24, 2.45) is 51.6 Å². The van der Waals surface area contributed by atoms with Gasteiger partial charge in [0, 0.05) is 10.7 Å². The number of nitrogens with two attached hydrogens (primary N) is 9. The summed E-state index contributed by atoms with van der Waals surface area (Å²) in [6.07, 6.45) is 1.53. The second-order valence-electron chi connectivity index (χ2n) is 29.5. The fraction of sp³-hybridized carbons (Fsp3) is 0.369. The number of hydrogen-bond donors (Lipinski definition) is 20. The standard InChI is InChI=1S/C20H24F3N3O5S.C19H23F3N4O5S.C18H22F3N5O5S.C12H6ClF3O3S.C8H19N3O2.C7H17N3O2/c1-12(24)25-9-3-4-18(20(27)30-2)26-32(28,29)15-10-16(22)19(17(23)11-15)31-14-7-5-13(21)6-8-14;1-30-18(27)16(3-2-8-25-19(23)24)26-32(28,29)13-9-14(21)17(15(22)10-13)31-12-6-4-11(20)5-7-12;19-10-3-5-11(6-4-10)31-16-13(20)8-12(9-14(16)21)32(29,30)26-15(17(27)25-28)2-1-7-24-18(22)23;13-20(17,18)9-5-10(15)12(11(16)6-9)19-8-3-1-7(14)2-4-8;1-6(9)11-5-3-4-7(10)8(12)13-2;1-5(8)10-4-2-3-6(9)7(11)12/h5-8,10-12,18,25-26H,3-4,9,24H2,1-2H3;4-7,9-10,16,19,25-26H,2-3,8,23-24H2,1H3;3-6,8-9,15,18,24,26,28H,1-2,7,22-23H2,(H,25,27);1-6H;6-7,11H,3-5,9-10H2,1-2H3;5-6,10H,2-4,8-9H2,1H3,(H,11,12)/t12-,18+;16-;15-;;6-,7+;5-,6+/m011.00/s1. The van der Waals surface area contributed by atoms with Gasteiger partial charge in [0.1, 0.15) is 89.1 Å². The predicted molar refractivity (Wildman–Crippen MR) is 488 cm³/mol. The summed E-state index contributed by atoms with van der Waals surface area (Å²) in [6, 6.07) is 16.3. The van der Waals surface area contributed by atoms with Gasteiger partial charge in [0.15, 0.2) is 69.5 Å². The normalized spacial score (nSPS) is 13.1. The number of carboxylic acid groups (broad SMARTS) is 1. The first-order valence-corrected chi connectivity index (χ1v) is 48.3. The van der Waals surface area contributed by atoms with E-state index in [0.29, 0.717) is 87.3 Å². The zero-order chi connectivity index (χ0) is 106. The van der Waals surface area contributed by atoms with Crippen LogP contribution in [0.1, 0.15) is 85.0 Å². The van der Waals surface area contributed by atoms with Gasteiger partial charge >= 0.3 is 23.9 Å². The van der Waals surface area contributed by atoms with Crippen LogP contribution in [0.3, 0.4) is 0 Å². The van der Waals surface area contributed by atoms with E-state index in [2.05, 4.69) is 50.2 Å². The van der Waals surface area contributed by atoms with Crippen molar-refractivity contribution in [3.8, 4) is 46.0 Å². The number of sulfonamides is 3. The zero-order valence-electron chi connectivity index (χ0n) is 76.0. The van der Waals surface area contributed by atoms with E-state index in [4.69, 9.17) is 91.5 Å². The summed E-state index contributed by atoms with van der Waals surface area (Å²) in [5, 5.41) is 31.5.